The quantitative estimate of drug-likeness (QED) is 0.400. The van der Waals surface area contributed by atoms with E-state index in [-0.39, 0.29) is 17.1 Å². The number of nitrogens with zero attached hydrogens (tertiary/aromatic N) is 2. The van der Waals surface area contributed by atoms with Gasteiger partial charge in [0, 0.05) is 13.6 Å². The van der Waals surface area contributed by atoms with E-state index in [0.717, 1.165) is 6.54 Å². The highest BCUT2D eigenvalue weighted by Crippen LogP contribution is 2.38. The van der Waals surface area contributed by atoms with Crippen molar-refractivity contribution < 1.29 is 17.9 Å². The van der Waals surface area contributed by atoms with E-state index in [1.165, 1.54) is 18.2 Å². The molecule has 0 aliphatic heterocycles. The lowest BCUT2D eigenvalue weighted by Crippen LogP contribution is -2.14. The van der Waals surface area contributed by atoms with Crippen molar-refractivity contribution in [2.24, 2.45) is 4.99 Å². The number of rotatable bonds is 6. The van der Waals surface area contributed by atoms with Crippen LogP contribution in [0.2, 0.25) is 0 Å². The molecule has 0 radical (unpaired) electrons. The van der Waals surface area contributed by atoms with Gasteiger partial charge in [-0.1, -0.05) is 20.8 Å². The first-order valence-electron chi connectivity index (χ1n) is 9.18. The molecule has 0 atom stereocenters. The molecule has 6 heteroatoms. The Kier molecular flexibility index (Phi) is 6.75. The summed E-state index contributed by atoms with van der Waals surface area (Å²) in [5.41, 5.74) is 0.938. The van der Waals surface area contributed by atoms with Crippen molar-refractivity contribution in [3.8, 4) is 11.5 Å². The van der Waals surface area contributed by atoms with Gasteiger partial charge in [-0.15, -0.1) is 0 Å². The van der Waals surface area contributed by atoms with Crippen LogP contribution in [0.15, 0.2) is 35.3 Å². The fourth-order valence-corrected chi connectivity index (χ4v) is 2.60. The molecule has 0 aromatic heterocycles. The molecular weight excluding hydrogens is 365 g/mol. The van der Waals surface area contributed by atoms with Crippen LogP contribution < -0.4 is 4.74 Å². The minimum atomic E-state index is -2.73. The smallest absolute Gasteiger partial charge is 0.267 e. The number of halogens is 3. The van der Waals surface area contributed by atoms with E-state index in [2.05, 4.69) is 4.99 Å². The third-order valence-corrected chi connectivity index (χ3v) is 4.43. The van der Waals surface area contributed by atoms with E-state index in [4.69, 9.17) is 4.74 Å². The van der Waals surface area contributed by atoms with Gasteiger partial charge in [0.15, 0.2) is 0 Å². The minimum absolute atomic E-state index is 0.0433. The van der Waals surface area contributed by atoms with Gasteiger partial charge >= 0.3 is 0 Å². The molecule has 28 heavy (non-hydrogen) atoms. The second-order valence-electron chi connectivity index (χ2n) is 7.79. The summed E-state index contributed by atoms with van der Waals surface area (Å²) in [5, 5.41) is 0. The normalized spacial score (nSPS) is 12.1. The monoisotopic (exact) mass is 392 g/mol. The fraction of sp³-hybridized carbons (Fsp3) is 0.409. The van der Waals surface area contributed by atoms with Crippen LogP contribution >= 0.6 is 0 Å². The Morgan fingerprint density at radius 3 is 2.43 bits per heavy atom. The van der Waals surface area contributed by atoms with Gasteiger partial charge in [0.25, 0.3) is 6.43 Å². The molecule has 0 fully saturated rings. The highest BCUT2D eigenvalue weighted by molar-refractivity contribution is 5.65. The lowest BCUT2D eigenvalue weighted by molar-refractivity contribution is 0.148. The average Bonchev–Trinajstić information content (AvgIpc) is 2.61. The maximum Gasteiger partial charge on any atom is 0.267 e. The Morgan fingerprint density at radius 2 is 1.86 bits per heavy atom. The topological polar surface area (TPSA) is 24.8 Å². The molecule has 0 bridgehead atoms. The number of benzene rings is 2. The van der Waals surface area contributed by atoms with Gasteiger partial charge in [0.05, 0.1) is 17.6 Å². The summed E-state index contributed by atoms with van der Waals surface area (Å²) in [5.74, 6) is 0.00574. The highest BCUT2D eigenvalue weighted by Gasteiger charge is 2.21. The summed E-state index contributed by atoms with van der Waals surface area (Å²) in [6.45, 7) is 10.1. The Hall–Kier alpha value is -2.50. The van der Waals surface area contributed by atoms with E-state index in [0.29, 0.717) is 22.6 Å². The van der Waals surface area contributed by atoms with Crippen molar-refractivity contribution in [1.82, 2.24) is 4.90 Å². The molecule has 0 amide bonds. The van der Waals surface area contributed by atoms with Crippen LogP contribution in [0.5, 0.6) is 11.5 Å². The average molecular weight is 392 g/mol. The van der Waals surface area contributed by atoms with Crippen molar-refractivity contribution in [1.29, 1.82) is 0 Å². The van der Waals surface area contributed by atoms with Crippen LogP contribution in [0.1, 0.15) is 50.8 Å². The molecule has 152 valence electrons. The van der Waals surface area contributed by atoms with Gasteiger partial charge in [0.1, 0.15) is 17.3 Å². The molecular formula is C22H27F3N2O. The third-order valence-electron chi connectivity index (χ3n) is 4.43. The SMILES string of the molecule is CCN(C)C=Nc1cc(C(F)F)c(Oc2ccc(F)c(C(C)(C)C)c2)cc1C. The maximum absolute atomic E-state index is 14.1. The molecule has 0 aliphatic rings. The number of hydrogen-bond donors (Lipinski definition) is 0. The lowest BCUT2D eigenvalue weighted by Gasteiger charge is -2.21. The zero-order valence-corrected chi connectivity index (χ0v) is 17.2. The predicted molar refractivity (Wildman–Crippen MR) is 108 cm³/mol. The van der Waals surface area contributed by atoms with Crippen molar-refractivity contribution in [2.45, 2.75) is 46.5 Å². The van der Waals surface area contributed by atoms with Gasteiger partial charge in [-0.3, -0.25) is 0 Å². The van der Waals surface area contributed by atoms with Crippen molar-refractivity contribution >= 4 is 12.0 Å². The van der Waals surface area contributed by atoms with Crippen molar-refractivity contribution in [3.63, 3.8) is 0 Å². The molecule has 0 N–H and O–H groups in total. The standard InChI is InChI=1S/C22H27F3N2O/c1-7-27(6)13-26-19-12-16(21(24)25)20(10-14(19)2)28-15-8-9-18(23)17(11-15)22(3,4)5/h8-13,21H,7H2,1-6H3. The van der Waals surface area contributed by atoms with Gasteiger partial charge in [-0.05, 0) is 60.7 Å². The number of alkyl halides is 2. The predicted octanol–water partition coefficient (Wildman–Crippen LogP) is 6.77. The molecule has 0 aliphatic carbocycles. The van der Waals surface area contributed by atoms with Crippen molar-refractivity contribution in [2.75, 3.05) is 13.6 Å². The number of aliphatic imine (C=N–C) groups is 1. The highest BCUT2D eigenvalue weighted by atomic mass is 19.3. The molecule has 2 aromatic rings. The first-order chi connectivity index (χ1) is 13.0. The lowest BCUT2D eigenvalue weighted by atomic mass is 9.86. The minimum Gasteiger partial charge on any atom is -0.457 e. The van der Waals surface area contributed by atoms with Gasteiger partial charge in [-0.2, -0.15) is 0 Å². The molecule has 0 saturated carbocycles. The summed E-state index contributed by atoms with van der Waals surface area (Å²) in [4.78, 5) is 6.13. The number of hydrogen-bond acceptors (Lipinski definition) is 2. The Balaban J connectivity index is 2.43. The second-order valence-corrected chi connectivity index (χ2v) is 7.79. The van der Waals surface area contributed by atoms with E-state index in [1.54, 1.807) is 25.4 Å². The third kappa shape index (κ3) is 5.27. The fourth-order valence-electron chi connectivity index (χ4n) is 2.60. The molecule has 0 heterocycles. The maximum atomic E-state index is 14.1. The zero-order chi connectivity index (χ0) is 21.1. The van der Waals surface area contributed by atoms with Crippen LogP contribution in [-0.4, -0.2) is 24.8 Å². The van der Waals surface area contributed by atoms with E-state index in [1.807, 2.05) is 39.6 Å². The number of ether oxygens (including phenoxy) is 1. The van der Waals surface area contributed by atoms with E-state index in [9.17, 15) is 13.2 Å². The van der Waals surface area contributed by atoms with Crippen LogP contribution in [0.3, 0.4) is 0 Å². The van der Waals surface area contributed by atoms with Gasteiger partial charge in [0.2, 0.25) is 0 Å². The molecule has 0 saturated heterocycles. The van der Waals surface area contributed by atoms with Crippen LogP contribution in [0.4, 0.5) is 18.9 Å². The molecule has 2 rings (SSSR count). The molecule has 3 nitrogen and oxygen atoms in total. The van der Waals surface area contributed by atoms with Crippen LogP contribution in [0.25, 0.3) is 0 Å². The Bertz CT molecular complexity index is 858. The van der Waals surface area contributed by atoms with E-state index >= 15 is 0 Å². The Morgan fingerprint density at radius 1 is 1.18 bits per heavy atom. The molecule has 2 aromatic carbocycles. The zero-order valence-electron chi connectivity index (χ0n) is 17.2. The first kappa shape index (κ1) is 21.8. The van der Waals surface area contributed by atoms with E-state index < -0.39 is 11.8 Å². The Labute approximate surface area is 164 Å². The first-order valence-corrected chi connectivity index (χ1v) is 9.18. The second kappa shape index (κ2) is 8.67. The van der Waals surface area contributed by atoms with Crippen LogP contribution in [0, 0.1) is 12.7 Å². The number of aryl methyl sites for hydroxylation is 1. The van der Waals surface area contributed by atoms with Gasteiger partial charge < -0.3 is 9.64 Å². The largest absolute Gasteiger partial charge is 0.457 e. The van der Waals surface area contributed by atoms with Gasteiger partial charge in [-0.25, -0.2) is 18.2 Å². The summed E-state index contributed by atoms with van der Waals surface area (Å²) >= 11 is 0. The van der Waals surface area contributed by atoms with Crippen molar-refractivity contribution in [3.05, 3.63) is 52.8 Å². The summed E-state index contributed by atoms with van der Waals surface area (Å²) < 4.78 is 47.1. The van der Waals surface area contributed by atoms with Crippen LogP contribution in [-0.2, 0) is 5.41 Å². The summed E-state index contributed by atoms with van der Waals surface area (Å²) in [6.07, 6.45) is -1.12. The summed E-state index contributed by atoms with van der Waals surface area (Å²) in [6, 6.07) is 7.17. The molecule has 0 spiro atoms. The summed E-state index contributed by atoms with van der Waals surface area (Å²) in [7, 11) is 1.85. The molecule has 0 unspecified atom stereocenters.